The molecule has 3 atom stereocenters. The molecule has 3 heterocycles. The van der Waals surface area contributed by atoms with Crippen molar-refractivity contribution >= 4 is 45.2 Å². The number of fused-ring (bicyclic) bond motifs is 2. The number of nitrogens with one attached hydrogen (secondary N) is 1. The molecule has 0 saturated carbocycles. The number of hydrogen-bond donors (Lipinski definition) is 2. The average Bonchev–Trinajstić information content (AvgIpc) is 3.17. The zero-order valence-electron chi connectivity index (χ0n) is 17.8. The number of rotatable bonds is 5. The Balaban J connectivity index is 1.73. The number of nitrogens with zero attached hydrogens (tertiary/aromatic N) is 3. The molecule has 2 fully saturated rings. The minimum absolute atomic E-state index is 0.265. The van der Waals surface area contributed by atoms with Gasteiger partial charge in [0, 0.05) is 17.8 Å². The van der Waals surface area contributed by atoms with E-state index in [9.17, 15) is 19.2 Å². The smallest absolute Gasteiger partial charge is 0.343 e. The molecule has 2 aromatic rings. The van der Waals surface area contributed by atoms with E-state index < -0.39 is 42.7 Å². The van der Waals surface area contributed by atoms with E-state index in [1.165, 1.54) is 4.90 Å². The van der Waals surface area contributed by atoms with Gasteiger partial charge in [-0.1, -0.05) is 18.2 Å². The number of piperazine rings is 1. The molecule has 2 aliphatic rings. The van der Waals surface area contributed by atoms with Crippen LogP contribution in [-0.4, -0.2) is 70.0 Å². The molecular formula is C21H25N5O5S. The molecule has 2 saturated heterocycles. The Kier molecular flexibility index (Phi) is 6.02. The second-order valence-electron chi connectivity index (χ2n) is 7.80. The van der Waals surface area contributed by atoms with Crippen molar-refractivity contribution in [3.05, 3.63) is 35.2 Å². The highest BCUT2D eigenvalue weighted by atomic mass is 32.1. The molecule has 0 spiro atoms. The quantitative estimate of drug-likeness (QED) is 0.690. The SMILES string of the molecule is CCNC(=O)N1OCC(=O)N2[C@@H]1[C@H](C)N(Cc1csc3ccccc13)C(=O)[C@@H]2CC(N)=O. The molecule has 5 amide bonds. The van der Waals surface area contributed by atoms with E-state index in [1.807, 2.05) is 29.6 Å². The number of nitrogens with two attached hydrogens (primary N) is 1. The molecule has 0 unspecified atom stereocenters. The highest BCUT2D eigenvalue weighted by Crippen LogP contribution is 2.34. The minimum atomic E-state index is -1.10. The van der Waals surface area contributed by atoms with Gasteiger partial charge in [0.25, 0.3) is 5.91 Å². The number of hydrogen-bond acceptors (Lipinski definition) is 6. The first-order valence-corrected chi connectivity index (χ1v) is 11.3. The highest BCUT2D eigenvalue weighted by molar-refractivity contribution is 7.17. The maximum Gasteiger partial charge on any atom is 0.343 e. The summed E-state index contributed by atoms with van der Waals surface area (Å²) in [6, 6.07) is 5.67. The van der Waals surface area contributed by atoms with E-state index in [4.69, 9.17) is 10.6 Å². The third-order valence-corrected chi connectivity index (χ3v) is 6.80. The number of benzene rings is 1. The van der Waals surface area contributed by atoms with Crippen molar-refractivity contribution in [1.82, 2.24) is 20.2 Å². The van der Waals surface area contributed by atoms with Crippen molar-refractivity contribution in [2.24, 2.45) is 5.73 Å². The normalized spacial score (nSPS) is 23.4. The average molecular weight is 460 g/mol. The van der Waals surface area contributed by atoms with E-state index in [1.54, 1.807) is 30.1 Å². The maximum absolute atomic E-state index is 13.5. The third-order valence-electron chi connectivity index (χ3n) is 5.79. The van der Waals surface area contributed by atoms with Gasteiger partial charge in [0.05, 0.1) is 12.5 Å². The van der Waals surface area contributed by atoms with Gasteiger partial charge in [-0.25, -0.2) is 4.79 Å². The molecule has 170 valence electrons. The fourth-order valence-electron chi connectivity index (χ4n) is 4.34. The zero-order chi connectivity index (χ0) is 23.0. The van der Waals surface area contributed by atoms with Gasteiger partial charge in [-0.3, -0.25) is 19.2 Å². The minimum Gasteiger partial charge on any atom is -0.370 e. The van der Waals surface area contributed by atoms with E-state index in [-0.39, 0.29) is 18.9 Å². The Labute approximate surface area is 188 Å². The fraction of sp³-hybridized carbons (Fsp3) is 0.429. The van der Waals surface area contributed by atoms with Gasteiger partial charge in [-0.15, -0.1) is 11.3 Å². The first-order valence-electron chi connectivity index (χ1n) is 10.4. The maximum atomic E-state index is 13.5. The number of carbonyl (C=O) groups is 4. The summed E-state index contributed by atoms with van der Waals surface area (Å²) in [7, 11) is 0. The lowest BCUT2D eigenvalue weighted by molar-refractivity contribution is -0.245. The van der Waals surface area contributed by atoms with Crippen molar-refractivity contribution in [2.75, 3.05) is 13.2 Å². The Hall–Kier alpha value is -3.18. The summed E-state index contributed by atoms with van der Waals surface area (Å²) >= 11 is 1.58. The van der Waals surface area contributed by atoms with E-state index >= 15 is 0 Å². The zero-order valence-corrected chi connectivity index (χ0v) is 18.6. The molecule has 11 heteroatoms. The van der Waals surface area contributed by atoms with Crippen LogP contribution < -0.4 is 11.1 Å². The highest BCUT2D eigenvalue weighted by Gasteiger charge is 2.53. The number of hydroxylamine groups is 2. The van der Waals surface area contributed by atoms with Crippen LogP contribution in [0.15, 0.2) is 29.6 Å². The van der Waals surface area contributed by atoms with Crippen LogP contribution in [0.5, 0.6) is 0 Å². The summed E-state index contributed by atoms with van der Waals surface area (Å²) in [5.41, 5.74) is 6.36. The number of amides is 5. The Morgan fingerprint density at radius 3 is 2.75 bits per heavy atom. The molecule has 3 N–H and O–H groups in total. The molecule has 10 nitrogen and oxygen atoms in total. The van der Waals surface area contributed by atoms with Gasteiger partial charge in [-0.2, -0.15) is 5.06 Å². The Morgan fingerprint density at radius 2 is 2.03 bits per heavy atom. The largest absolute Gasteiger partial charge is 0.370 e. The lowest BCUT2D eigenvalue weighted by Gasteiger charge is -2.54. The van der Waals surface area contributed by atoms with E-state index in [0.29, 0.717) is 6.54 Å². The summed E-state index contributed by atoms with van der Waals surface area (Å²) < 4.78 is 1.09. The van der Waals surface area contributed by atoms with Gasteiger partial charge in [0.15, 0.2) is 12.8 Å². The second kappa shape index (κ2) is 8.75. The van der Waals surface area contributed by atoms with Crippen LogP contribution in [0.25, 0.3) is 10.1 Å². The standard InChI is InChI=1S/C21H25N5O5S/c1-3-23-21(30)26-19-12(2)24(9-13-11-32-16-7-5-4-6-14(13)16)20(29)15(8-17(22)27)25(19)18(28)10-31-26/h4-7,11-12,15,19H,3,8-10H2,1-2H3,(H2,22,27)(H,23,30)/t12-,15-,19-/m0/s1. The van der Waals surface area contributed by atoms with Gasteiger partial charge in [-0.05, 0) is 36.2 Å². The Morgan fingerprint density at radius 1 is 1.28 bits per heavy atom. The Bertz CT molecular complexity index is 1070. The van der Waals surface area contributed by atoms with Crippen LogP contribution in [0.2, 0.25) is 0 Å². The summed E-state index contributed by atoms with van der Waals surface area (Å²) in [6.45, 7) is 3.75. The predicted molar refractivity (Wildman–Crippen MR) is 117 cm³/mol. The topological polar surface area (TPSA) is 125 Å². The van der Waals surface area contributed by atoms with Crippen LogP contribution in [-0.2, 0) is 25.8 Å². The molecular weight excluding hydrogens is 434 g/mol. The lowest BCUT2D eigenvalue weighted by Crippen LogP contribution is -2.75. The van der Waals surface area contributed by atoms with Gasteiger partial charge in [0.1, 0.15) is 6.04 Å². The molecule has 0 bridgehead atoms. The van der Waals surface area contributed by atoms with Crippen molar-refractivity contribution in [3.63, 3.8) is 0 Å². The van der Waals surface area contributed by atoms with Gasteiger partial charge >= 0.3 is 6.03 Å². The summed E-state index contributed by atoms with van der Waals surface area (Å²) in [4.78, 5) is 59.1. The molecule has 1 aromatic heterocycles. The molecule has 1 aromatic carbocycles. The number of carbonyl (C=O) groups excluding carboxylic acids is 4. The molecule has 32 heavy (non-hydrogen) atoms. The number of thiophene rings is 1. The first-order chi connectivity index (χ1) is 15.3. The van der Waals surface area contributed by atoms with Crippen molar-refractivity contribution < 1.29 is 24.0 Å². The van der Waals surface area contributed by atoms with Crippen molar-refractivity contribution in [3.8, 4) is 0 Å². The molecule has 4 rings (SSSR count). The number of urea groups is 1. The predicted octanol–water partition coefficient (Wildman–Crippen LogP) is 1.01. The first kappa shape index (κ1) is 22.0. The van der Waals surface area contributed by atoms with Gasteiger partial charge < -0.3 is 20.9 Å². The van der Waals surface area contributed by atoms with Gasteiger partial charge in [0.2, 0.25) is 11.8 Å². The van der Waals surface area contributed by atoms with Crippen molar-refractivity contribution in [2.45, 2.75) is 45.1 Å². The third kappa shape index (κ3) is 3.78. The summed E-state index contributed by atoms with van der Waals surface area (Å²) in [5, 5.41) is 6.78. The van der Waals surface area contributed by atoms with Crippen LogP contribution in [0, 0.1) is 0 Å². The fourth-order valence-corrected chi connectivity index (χ4v) is 5.29. The molecule has 0 aliphatic carbocycles. The van der Waals surface area contributed by atoms with E-state index in [2.05, 4.69) is 5.32 Å². The van der Waals surface area contributed by atoms with Crippen LogP contribution in [0.1, 0.15) is 25.8 Å². The number of primary amides is 1. The van der Waals surface area contributed by atoms with Crippen LogP contribution in [0.4, 0.5) is 4.79 Å². The summed E-state index contributed by atoms with van der Waals surface area (Å²) in [5.74, 6) is -1.56. The monoisotopic (exact) mass is 459 g/mol. The second-order valence-corrected chi connectivity index (χ2v) is 8.71. The molecule has 0 radical (unpaired) electrons. The van der Waals surface area contributed by atoms with E-state index in [0.717, 1.165) is 20.7 Å². The van der Waals surface area contributed by atoms with Crippen LogP contribution >= 0.6 is 11.3 Å². The van der Waals surface area contributed by atoms with Crippen LogP contribution in [0.3, 0.4) is 0 Å². The summed E-state index contributed by atoms with van der Waals surface area (Å²) in [6.07, 6.45) is -1.23. The van der Waals surface area contributed by atoms with Crippen molar-refractivity contribution in [1.29, 1.82) is 0 Å². The lowest BCUT2D eigenvalue weighted by atomic mass is 9.98. The molecule has 2 aliphatic heterocycles.